The lowest BCUT2D eigenvalue weighted by molar-refractivity contribution is -0.128. The summed E-state index contributed by atoms with van der Waals surface area (Å²) in [5.41, 5.74) is 0. The van der Waals surface area contributed by atoms with Gasteiger partial charge in [0.25, 0.3) is 10.0 Å². The lowest BCUT2D eigenvalue weighted by atomic mass is 9.91. The molecule has 27 heavy (non-hydrogen) atoms. The molecule has 1 amide bonds. The van der Waals surface area contributed by atoms with E-state index in [1.165, 1.54) is 16.8 Å². The molecule has 2 aromatic heterocycles. The van der Waals surface area contributed by atoms with Gasteiger partial charge in [-0.2, -0.15) is 4.31 Å². The van der Waals surface area contributed by atoms with E-state index in [-0.39, 0.29) is 36.2 Å². The average Bonchev–Trinajstić information content (AvgIpc) is 3.39. The van der Waals surface area contributed by atoms with Crippen molar-refractivity contribution < 1.29 is 22.4 Å². The minimum Gasteiger partial charge on any atom is -0.467 e. The van der Waals surface area contributed by atoms with E-state index in [2.05, 4.69) is 10.3 Å². The fourth-order valence-electron chi connectivity index (χ4n) is 3.74. The third-order valence-corrected chi connectivity index (χ3v) is 6.88. The van der Waals surface area contributed by atoms with Crippen LogP contribution in [0, 0.1) is 5.92 Å². The number of carbonyl (C=O) groups is 1. The highest BCUT2D eigenvalue weighted by molar-refractivity contribution is 7.89. The van der Waals surface area contributed by atoms with E-state index in [9.17, 15) is 13.2 Å². The Labute approximate surface area is 157 Å². The van der Waals surface area contributed by atoms with Crippen LogP contribution in [0.1, 0.15) is 18.6 Å². The van der Waals surface area contributed by atoms with Crippen LogP contribution in [0.15, 0.2) is 40.4 Å². The molecule has 0 aliphatic carbocycles. The highest BCUT2D eigenvalue weighted by Gasteiger charge is 2.47. The number of nitrogens with one attached hydrogen (secondary N) is 1. The van der Waals surface area contributed by atoms with Gasteiger partial charge in [0.1, 0.15) is 5.76 Å². The standard InChI is InChI=1S/C17H22N4O5S/c1-20-10-16(19-11-20)27(23,24)21-9-12(7-15-14(21)4-6-26-15)17(22)18-8-13-3-2-5-25-13/h2-3,5,10-12,14-15H,4,6-9H2,1H3,(H,18,22)/t12-,14+,15+/m0/s1. The minimum atomic E-state index is -3.80. The number of sulfonamides is 1. The van der Waals surface area contributed by atoms with Gasteiger partial charge in [0.15, 0.2) is 5.03 Å². The second kappa shape index (κ2) is 7.10. The number of fused-ring (bicyclic) bond motifs is 1. The number of hydrogen-bond donors (Lipinski definition) is 1. The van der Waals surface area contributed by atoms with E-state index < -0.39 is 15.9 Å². The summed E-state index contributed by atoms with van der Waals surface area (Å²) >= 11 is 0. The van der Waals surface area contributed by atoms with Gasteiger partial charge in [-0.05, 0) is 25.0 Å². The maximum Gasteiger partial charge on any atom is 0.262 e. The lowest BCUT2D eigenvalue weighted by Gasteiger charge is -2.38. The molecular weight excluding hydrogens is 372 g/mol. The molecule has 0 saturated carbocycles. The monoisotopic (exact) mass is 394 g/mol. The number of nitrogens with zero attached hydrogens (tertiary/aromatic N) is 3. The first-order valence-electron chi connectivity index (χ1n) is 8.86. The molecule has 0 bridgehead atoms. The van der Waals surface area contributed by atoms with Crippen molar-refractivity contribution in [1.29, 1.82) is 0 Å². The van der Waals surface area contributed by atoms with E-state index in [1.807, 2.05) is 0 Å². The van der Waals surface area contributed by atoms with E-state index in [0.29, 0.717) is 25.2 Å². The third-order valence-electron chi connectivity index (χ3n) is 5.10. The van der Waals surface area contributed by atoms with Crippen LogP contribution in [0.2, 0.25) is 0 Å². The number of furan rings is 1. The molecular formula is C17H22N4O5S. The Morgan fingerprint density at radius 3 is 3.00 bits per heavy atom. The van der Waals surface area contributed by atoms with Crippen LogP contribution in [-0.2, 0) is 33.1 Å². The summed E-state index contributed by atoms with van der Waals surface area (Å²) in [6.07, 6.45) is 5.31. The Balaban J connectivity index is 1.53. The first kappa shape index (κ1) is 18.2. The van der Waals surface area contributed by atoms with Crippen LogP contribution >= 0.6 is 0 Å². The van der Waals surface area contributed by atoms with Crippen molar-refractivity contribution in [2.45, 2.75) is 36.6 Å². The first-order valence-corrected chi connectivity index (χ1v) is 10.3. The third kappa shape index (κ3) is 3.52. The zero-order valence-electron chi connectivity index (χ0n) is 14.9. The molecule has 2 aliphatic heterocycles. The highest BCUT2D eigenvalue weighted by Crippen LogP contribution is 2.34. The number of ether oxygens (including phenoxy) is 1. The number of aryl methyl sites for hydroxylation is 1. The van der Waals surface area contributed by atoms with Crippen molar-refractivity contribution >= 4 is 15.9 Å². The van der Waals surface area contributed by atoms with Gasteiger partial charge in [0.05, 0.1) is 37.2 Å². The second-order valence-corrected chi connectivity index (χ2v) is 8.78. The molecule has 2 aromatic rings. The number of hydrogen-bond acceptors (Lipinski definition) is 6. The number of carbonyl (C=O) groups excluding carboxylic acids is 1. The Bertz CT molecular complexity index is 908. The van der Waals surface area contributed by atoms with Crippen molar-refractivity contribution in [1.82, 2.24) is 19.2 Å². The number of aromatic nitrogens is 2. The molecule has 3 atom stereocenters. The summed E-state index contributed by atoms with van der Waals surface area (Å²) in [6, 6.07) is 3.26. The topological polar surface area (TPSA) is 107 Å². The van der Waals surface area contributed by atoms with Crippen molar-refractivity contribution in [3.63, 3.8) is 0 Å². The van der Waals surface area contributed by atoms with Gasteiger partial charge in [-0.3, -0.25) is 4.79 Å². The summed E-state index contributed by atoms with van der Waals surface area (Å²) in [5, 5.41) is 2.81. The fourth-order valence-corrected chi connectivity index (χ4v) is 5.43. The van der Waals surface area contributed by atoms with Crippen molar-refractivity contribution in [3.05, 3.63) is 36.7 Å². The van der Waals surface area contributed by atoms with Crippen LogP contribution in [-0.4, -0.2) is 53.5 Å². The van der Waals surface area contributed by atoms with Crippen molar-refractivity contribution in [2.24, 2.45) is 13.0 Å². The molecule has 4 heterocycles. The van der Waals surface area contributed by atoms with Gasteiger partial charge < -0.3 is 19.0 Å². The largest absolute Gasteiger partial charge is 0.467 e. The molecule has 0 unspecified atom stereocenters. The number of rotatable bonds is 5. The van der Waals surface area contributed by atoms with Gasteiger partial charge in [-0.15, -0.1) is 0 Å². The molecule has 4 rings (SSSR count). The van der Waals surface area contributed by atoms with Gasteiger partial charge >= 0.3 is 0 Å². The van der Waals surface area contributed by atoms with E-state index in [1.54, 1.807) is 30.0 Å². The van der Waals surface area contributed by atoms with E-state index in [4.69, 9.17) is 9.15 Å². The first-order chi connectivity index (χ1) is 12.9. The highest BCUT2D eigenvalue weighted by atomic mass is 32.2. The average molecular weight is 394 g/mol. The van der Waals surface area contributed by atoms with Gasteiger partial charge in [-0.25, -0.2) is 13.4 Å². The molecule has 1 N–H and O–H groups in total. The van der Waals surface area contributed by atoms with E-state index >= 15 is 0 Å². The number of piperidine rings is 1. The molecule has 0 radical (unpaired) electrons. The molecule has 2 aliphatic rings. The minimum absolute atomic E-state index is 0.00714. The smallest absolute Gasteiger partial charge is 0.262 e. The van der Waals surface area contributed by atoms with E-state index in [0.717, 1.165) is 0 Å². The zero-order valence-corrected chi connectivity index (χ0v) is 15.8. The van der Waals surface area contributed by atoms with Crippen molar-refractivity contribution in [2.75, 3.05) is 13.2 Å². The van der Waals surface area contributed by atoms with Crippen LogP contribution in [0.4, 0.5) is 0 Å². The van der Waals surface area contributed by atoms with Crippen molar-refractivity contribution in [3.8, 4) is 0 Å². The molecule has 10 heteroatoms. The molecule has 2 saturated heterocycles. The SMILES string of the molecule is Cn1cnc(S(=O)(=O)N2C[C@@H](C(=O)NCc3ccco3)C[C@H]3OCC[C@H]32)c1. The summed E-state index contributed by atoms with van der Waals surface area (Å²) in [6.45, 7) is 0.877. The summed E-state index contributed by atoms with van der Waals surface area (Å²) in [5.74, 6) is -0.0496. The summed E-state index contributed by atoms with van der Waals surface area (Å²) in [4.78, 5) is 16.6. The van der Waals surface area contributed by atoms with Crippen LogP contribution < -0.4 is 5.32 Å². The van der Waals surface area contributed by atoms with Crippen LogP contribution in [0.3, 0.4) is 0 Å². The Hall–Kier alpha value is -2.17. The molecule has 9 nitrogen and oxygen atoms in total. The van der Waals surface area contributed by atoms with Crippen LogP contribution in [0.5, 0.6) is 0 Å². The second-order valence-electron chi connectivity index (χ2n) is 6.95. The summed E-state index contributed by atoms with van der Waals surface area (Å²) < 4.78 is 40.1. The van der Waals surface area contributed by atoms with Gasteiger partial charge in [0.2, 0.25) is 5.91 Å². The van der Waals surface area contributed by atoms with Crippen LogP contribution in [0.25, 0.3) is 0 Å². The normalized spacial score (nSPS) is 26.0. The quantitative estimate of drug-likeness (QED) is 0.791. The van der Waals surface area contributed by atoms with Gasteiger partial charge in [-0.1, -0.05) is 0 Å². The Morgan fingerprint density at radius 1 is 1.44 bits per heavy atom. The Morgan fingerprint density at radius 2 is 2.30 bits per heavy atom. The molecule has 2 fully saturated rings. The predicted molar refractivity (Wildman–Crippen MR) is 93.9 cm³/mol. The maximum atomic E-state index is 13.1. The molecule has 146 valence electrons. The summed E-state index contributed by atoms with van der Waals surface area (Å²) in [7, 11) is -2.08. The fraction of sp³-hybridized carbons (Fsp3) is 0.529. The zero-order chi connectivity index (χ0) is 19.0. The lowest BCUT2D eigenvalue weighted by Crippen LogP contribution is -2.54. The maximum absolute atomic E-state index is 13.1. The number of amides is 1. The molecule has 0 aromatic carbocycles. The number of imidazole rings is 1. The Kier molecular flexibility index (Phi) is 4.79. The van der Waals surface area contributed by atoms with Gasteiger partial charge in [0, 0.05) is 26.4 Å². The predicted octanol–water partition coefficient (Wildman–Crippen LogP) is 0.498. The molecule has 0 spiro atoms.